The lowest BCUT2D eigenvalue weighted by Crippen LogP contribution is -2.61. The highest BCUT2D eigenvalue weighted by atomic mass is 35.5. The molecule has 14 N–H and O–H groups in total. The Hall–Kier alpha value is -2.65. The Bertz CT molecular complexity index is 2080. The first-order valence-electron chi connectivity index (χ1n) is 42.2. The van der Waals surface area contributed by atoms with Gasteiger partial charge in [0, 0.05) is 52.9 Å². The van der Waals surface area contributed by atoms with E-state index in [9.17, 15) is 39.3 Å². The Kier molecular flexibility index (Phi) is 91.9. The van der Waals surface area contributed by atoms with Crippen LogP contribution in [0.2, 0.25) is 0 Å². The number of unbranched alkanes of at least 4 members (excludes halogenated alkanes) is 35. The number of hydrogen-bond acceptors (Lipinski definition) is 22. The van der Waals surface area contributed by atoms with E-state index in [1.165, 1.54) is 156 Å². The molecule has 0 aromatic heterocycles. The van der Waals surface area contributed by atoms with Crippen LogP contribution in [0.3, 0.4) is 0 Å². The van der Waals surface area contributed by atoms with Gasteiger partial charge in [-0.05, 0) is 98.1 Å². The molecule has 110 heavy (non-hydrogen) atoms. The van der Waals surface area contributed by atoms with Gasteiger partial charge in [-0.1, -0.05) is 237 Å². The second-order valence-electron chi connectivity index (χ2n) is 29.4. The van der Waals surface area contributed by atoms with Crippen molar-refractivity contribution < 1.29 is 119 Å². The monoisotopic (exact) mass is 1640 g/mol. The van der Waals surface area contributed by atoms with Crippen LogP contribution in [-0.4, -0.2) is 195 Å². The van der Waals surface area contributed by atoms with Gasteiger partial charge >= 0.3 is 29.8 Å². The second-order valence-corrected chi connectivity index (χ2v) is 29.8. The first-order valence-corrected chi connectivity index (χ1v) is 44.0. The number of allylic oxidation sites excluding steroid dienone is 1. The molecule has 9 atom stereocenters. The molecule has 2 fully saturated rings. The summed E-state index contributed by atoms with van der Waals surface area (Å²) >= 11 is 6.32. The number of hydrogen-bond donors (Lipinski definition) is 8. The van der Waals surface area contributed by atoms with E-state index >= 15 is 0 Å². The number of aliphatic hydroxyl groups is 5. The molecule has 0 spiro atoms. The van der Waals surface area contributed by atoms with Crippen molar-refractivity contribution >= 4 is 59.6 Å². The summed E-state index contributed by atoms with van der Waals surface area (Å²) < 4.78 is 52.4. The lowest BCUT2D eigenvalue weighted by Gasteiger charge is -2.48. The molecular formula is C82H164ClN3O22P2. The fourth-order valence-corrected chi connectivity index (χ4v) is 13.3. The largest absolute Gasteiger partial charge is 0.834 e. The number of rotatable bonds is 67. The maximum absolute atomic E-state index is 12.9. The van der Waals surface area contributed by atoms with Crippen molar-refractivity contribution in [3.8, 4) is 0 Å². The molecule has 656 valence electrons. The highest BCUT2D eigenvalue weighted by Gasteiger charge is 2.67. The zero-order chi connectivity index (χ0) is 82.1. The zero-order valence-corrected chi connectivity index (χ0v) is 72.9. The number of ether oxygens (including phenoxy) is 8. The summed E-state index contributed by atoms with van der Waals surface area (Å²) in [4.78, 5) is 77.7. The van der Waals surface area contributed by atoms with Crippen LogP contribution in [-0.2, 0) is 66.4 Å². The molecule has 2 aliphatic rings. The lowest BCUT2D eigenvalue weighted by molar-refractivity contribution is -0.372. The highest BCUT2D eigenvalue weighted by molar-refractivity contribution is 7.14. The molecule has 1 aliphatic heterocycles. The molecule has 2 unspecified atom stereocenters. The fourth-order valence-electron chi connectivity index (χ4n) is 13.0. The second kappa shape index (κ2) is 87.2. The van der Waals surface area contributed by atoms with Gasteiger partial charge in [0.15, 0.2) is 12.2 Å². The third-order valence-electron chi connectivity index (χ3n) is 19.4. The number of aliphatic hydroxyl groups excluding tert-OH is 4. The molecule has 28 heteroatoms. The van der Waals surface area contributed by atoms with E-state index in [0.717, 1.165) is 129 Å². The topological polar surface area (TPSA) is 426 Å². The normalized spacial score (nSPS) is 17.9. The predicted molar refractivity (Wildman–Crippen MR) is 437 cm³/mol. The number of halogens is 1. The Balaban J connectivity index is -0.000000631. The molecule has 2 rings (SSSR count). The summed E-state index contributed by atoms with van der Waals surface area (Å²) in [7, 11) is 3.38. The molecule has 0 amide bonds. The van der Waals surface area contributed by atoms with Crippen molar-refractivity contribution in [1.82, 2.24) is 5.32 Å². The SMILES string of the molecule is CCCCCCCCCCCCCCCCC(=O)OC[C@H](CO)OC(=O)CCCCCCCCNCCCC(=O)O[C@@H]1CC[C@](O)(CCl)[C@@H]([C@@]2(C)OC2CC=C(C)C)[C@@H]1OC.CCCCCCCCCCCCCCCCC(=O)OC[C@H](CO)OC(=O)CCCCCCCOC.O.O=P[O-].[NH3+]CCO.[NH3+]CCO.[O-]P. The number of alkyl halides is 1. The molecule has 1 saturated carbocycles. The smallest absolute Gasteiger partial charge is 0.306 e. The van der Waals surface area contributed by atoms with Crippen LogP contribution in [0.4, 0.5) is 0 Å². The van der Waals surface area contributed by atoms with Crippen molar-refractivity contribution in [2.24, 2.45) is 5.92 Å². The van der Waals surface area contributed by atoms with Gasteiger partial charge in [-0.15, -0.1) is 11.6 Å². The summed E-state index contributed by atoms with van der Waals surface area (Å²) in [5, 5.41) is 49.6. The van der Waals surface area contributed by atoms with E-state index in [2.05, 4.69) is 36.7 Å². The standard InChI is InChI=1S/C49H88ClNO10.C29H56O6.2C2H7NO.HO2P.H2OP.H2O/c1-6-7-8-9-10-11-12-13-14-15-16-17-20-23-27-43(53)58-37-40(36-52)59-44(54)28-24-21-18-19-22-25-34-51-35-26-29-45(55)60-41-32-33-49(56,38-50)47(46(41)57-5)48(4)42(61-48)31-30-39(2)3;1-3-4-5-6-7-8-9-10-11-12-13-14-16-19-22-28(31)34-26-27(25-30)35-29(32)23-20-17-15-18-21-24-33-2;2*3-1-2-4;1-3-2;1-2;/h30,40-42,46-47,51-52,56H,6-29,31-38H2,1-5H3;27,30H,3-26H2,1-2H3;2*4H,1-3H2;(H,1,2);2H2;1H2/q;;;;;-1;/p+1/t40-,41+,42?,46+,47+,48-,49-;27-;;;;;/m00...../s1. The first kappa shape index (κ1) is 116. The van der Waals surface area contributed by atoms with Gasteiger partial charge in [0.1, 0.15) is 31.0 Å². The highest BCUT2D eigenvalue weighted by Crippen LogP contribution is 2.55. The summed E-state index contributed by atoms with van der Waals surface area (Å²) in [5.74, 6) is -1.94. The zero-order valence-electron chi connectivity index (χ0n) is 70.1. The molecule has 25 nitrogen and oxygen atoms in total. The average molecular weight is 1640 g/mol. The van der Waals surface area contributed by atoms with E-state index in [0.29, 0.717) is 64.5 Å². The number of carbonyl (C=O) groups is 5. The van der Waals surface area contributed by atoms with Crippen molar-refractivity contribution in [2.45, 2.75) is 385 Å². The number of esters is 5. The third-order valence-corrected chi connectivity index (χ3v) is 19.8. The van der Waals surface area contributed by atoms with Gasteiger partial charge in [-0.3, -0.25) is 28.5 Å². The molecular weight excluding hydrogens is 1480 g/mol. The molecule has 0 aromatic rings. The minimum Gasteiger partial charge on any atom is -0.834 e. The Morgan fingerprint density at radius 1 is 0.564 bits per heavy atom. The Morgan fingerprint density at radius 3 is 1.22 bits per heavy atom. The van der Waals surface area contributed by atoms with Crippen LogP contribution in [0.5, 0.6) is 0 Å². The Labute approximate surface area is 675 Å². The van der Waals surface area contributed by atoms with E-state index in [1.807, 2.05) is 20.8 Å². The summed E-state index contributed by atoms with van der Waals surface area (Å²) in [5.41, 5.74) is 6.13. The van der Waals surface area contributed by atoms with Crippen LogP contribution in [0.25, 0.3) is 0 Å². The van der Waals surface area contributed by atoms with Gasteiger partial charge in [0.2, 0.25) is 0 Å². The van der Waals surface area contributed by atoms with E-state index in [-0.39, 0.29) is 93.4 Å². The van der Waals surface area contributed by atoms with Crippen molar-refractivity contribution in [2.75, 3.05) is 92.5 Å². The van der Waals surface area contributed by atoms with Gasteiger partial charge in [-0.2, -0.15) is 0 Å². The lowest BCUT2D eigenvalue weighted by atomic mass is 9.66. The fraction of sp³-hybridized carbons (Fsp3) is 0.915. The third kappa shape index (κ3) is 71.9. The molecule has 0 bridgehead atoms. The molecule has 0 aromatic carbocycles. The average Bonchev–Trinajstić information content (AvgIpc) is 1.55. The van der Waals surface area contributed by atoms with Gasteiger partial charge in [0.25, 0.3) is 0 Å². The van der Waals surface area contributed by atoms with Crippen LogP contribution in [0.1, 0.15) is 343 Å². The maximum atomic E-state index is 12.9. The number of nitrogens with one attached hydrogen (secondary N) is 1. The number of epoxide rings is 1. The van der Waals surface area contributed by atoms with Crippen LogP contribution in [0, 0.1) is 5.92 Å². The van der Waals surface area contributed by atoms with Crippen molar-refractivity contribution in [1.29, 1.82) is 0 Å². The van der Waals surface area contributed by atoms with Crippen molar-refractivity contribution in [3.63, 3.8) is 0 Å². The van der Waals surface area contributed by atoms with Gasteiger partial charge in [-0.25, -0.2) is 9.47 Å². The molecule has 1 aliphatic carbocycles. The van der Waals surface area contributed by atoms with E-state index in [1.54, 1.807) is 14.2 Å². The van der Waals surface area contributed by atoms with E-state index < -0.39 is 50.2 Å². The quantitative estimate of drug-likeness (QED) is 0.00533. The summed E-state index contributed by atoms with van der Waals surface area (Å²) in [6.07, 6.45) is 49.7. The van der Waals surface area contributed by atoms with Crippen LogP contribution >= 0.6 is 29.8 Å². The van der Waals surface area contributed by atoms with Crippen LogP contribution < -0.4 is 26.6 Å². The number of methoxy groups -OCH3 is 2. The van der Waals surface area contributed by atoms with Gasteiger partial charge < -0.3 is 95.5 Å². The van der Waals surface area contributed by atoms with Gasteiger partial charge in [0.05, 0.1) is 71.7 Å². The van der Waals surface area contributed by atoms with Crippen molar-refractivity contribution in [3.05, 3.63) is 11.6 Å². The summed E-state index contributed by atoms with van der Waals surface area (Å²) in [6.45, 7) is 13.8. The Morgan fingerprint density at radius 2 is 0.891 bits per heavy atom. The van der Waals surface area contributed by atoms with E-state index in [4.69, 9.17) is 74.1 Å². The maximum Gasteiger partial charge on any atom is 0.306 e. The summed E-state index contributed by atoms with van der Waals surface area (Å²) in [6, 6.07) is 0. The predicted octanol–water partition coefficient (Wildman–Crippen LogP) is 11.8. The minimum atomic E-state index is -1.17. The molecule has 0 radical (unpaired) electrons. The van der Waals surface area contributed by atoms with Crippen LogP contribution in [0.15, 0.2) is 11.6 Å². The number of quaternary nitrogens is 2. The molecule has 1 saturated heterocycles. The molecule has 1 heterocycles. The first-order chi connectivity index (χ1) is 52.8. The number of carbonyl (C=O) groups excluding carboxylic acids is 5. The minimum absolute atomic E-state index is 0.